The van der Waals surface area contributed by atoms with Crippen LogP contribution < -0.4 is 11.1 Å². The molecule has 2 aromatic carbocycles. The van der Waals surface area contributed by atoms with Crippen molar-refractivity contribution in [2.45, 2.75) is 19.1 Å². The van der Waals surface area contributed by atoms with Crippen molar-refractivity contribution in [3.63, 3.8) is 0 Å². The lowest BCUT2D eigenvalue weighted by atomic mass is 10.1. The Bertz CT molecular complexity index is 988. The van der Waals surface area contributed by atoms with Crippen LogP contribution in [0.1, 0.15) is 28.4 Å². The van der Waals surface area contributed by atoms with Crippen molar-refractivity contribution in [1.82, 2.24) is 5.32 Å². The Hall–Kier alpha value is -3.94. The van der Waals surface area contributed by atoms with Gasteiger partial charge in [-0.2, -0.15) is 0 Å². The monoisotopic (exact) mass is 375 g/mol. The van der Waals surface area contributed by atoms with Crippen LogP contribution in [0, 0.1) is 28.6 Å². The van der Waals surface area contributed by atoms with Gasteiger partial charge in [0, 0.05) is 27.6 Å². The molecule has 0 radical (unpaired) electrons. The Morgan fingerprint density at radius 1 is 1.00 bits per heavy atom. The molecule has 4 N–H and O–H groups in total. The smallest absolute Gasteiger partial charge is 0.311 e. The lowest BCUT2D eigenvalue weighted by molar-refractivity contribution is -0.122. The number of nitrogens with zero attached hydrogens (tertiary/aromatic N) is 1. The molecule has 0 aliphatic rings. The van der Waals surface area contributed by atoms with E-state index in [0.717, 1.165) is 5.56 Å². The van der Waals surface area contributed by atoms with E-state index in [-0.39, 0.29) is 5.56 Å². The summed E-state index contributed by atoms with van der Waals surface area (Å²) in [6.45, 7) is 1.28. The molecule has 0 unspecified atom stereocenters. The zero-order valence-electron chi connectivity index (χ0n) is 15.0. The molecule has 7 heteroatoms. The second kappa shape index (κ2) is 9.67. The van der Waals surface area contributed by atoms with E-state index in [1.807, 2.05) is 0 Å². The van der Waals surface area contributed by atoms with Gasteiger partial charge in [-0.25, -0.2) is 0 Å². The highest BCUT2D eigenvalue weighted by Crippen LogP contribution is 2.06. The Morgan fingerprint density at radius 3 is 1.96 bits per heavy atom. The normalized spacial score (nSPS) is 11.6. The molecular weight excluding hydrogens is 358 g/mol. The van der Waals surface area contributed by atoms with Crippen LogP contribution in [-0.4, -0.2) is 29.1 Å². The molecule has 28 heavy (non-hydrogen) atoms. The number of nitrogen functional groups attached to an aromatic ring is 1. The molecule has 0 heterocycles. The summed E-state index contributed by atoms with van der Waals surface area (Å²) in [5, 5.41) is 14.0. The van der Waals surface area contributed by atoms with Crippen molar-refractivity contribution in [2.75, 3.05) is 5.73 Å². The van der Waals surface area contributed by atoms with Crippen molar-refractivity contribution < 1.29 is 14.7 Å². The Balaban J connectivity index is 2.03. The summed E-state index contributed by atoms with van der Waals surface area (Å²) in [5.41, 5.74) is 7.93. The third kappa shape index (κ3) is 5.80. The van der Waals surface area contributed by atoms with Gasteiger partial charge >= 0.3 is 5.91 Å². The Kier molecular flexibility index (Phi) is 7.04. The van der Waals surface area contributed by atoms with E-state index in [4.69, 9.17) is 5.73 Å². The van der Waals surface area contributed by atoms with Crippen molar-refractivity contribution in [3.05, 3.63) is 70.1 Å². The number of nitrogens with one attached hydrogen (secondary N) is 1. The summed E-state index contributed by atoms with van der Waals surface area (Å²) >= 11 is 0. The summed E-state index contributed by atoms with van der Waals surface area (Å²) in [4.78, 5) is 33.8. The number of aliphatic hydroxyl groups excluding tert-OH is 1. The molecule has 2 amide bonds. The van der Waals surface area contributed by atoms with Crippen LogP contribution in [0.3, 0.4) is 0 Å². The van der Waals surface area contributed by atoms with Crippen LogP contribution in [0.4, 0.5) is 5.69 Å². The highest BCUT2D eigenvalue weighted by atomic mass is 16.3. The lowest BCUT2D eigenvalue weighted by Crippen LogP contribution is -2.47. The fraction of sp³-hybridized carbons (Fsp3) is 0.143. The zero-order valence-corrected chi connectivity index (χ0v) is 15.0. The maximum absolute atomic E-state index is 12.1. The van der Waals surface area contributed by atoms with Crippen molar-refractivity contribution in [3.8, 4) is 23.7 Å². The minimum Gasteiger partial charge on any atom is -0.399 e. The highest BCUT2D eigenvalue weighted by molar-refractivity contribution is 5.97. The van der Waals surface area contributed by atoms with Crippen molar-refractivity contribution >= 4 is 17.5 Å². The van der Waals surface area contributed by atoms with E-state index >= 15 is 0 Å². The quantitative estimate of drug-likeness (QED) is 0.424. The number of rotatable bonds is 4. The Morgan fingerprint density at radius 2 is 1.50 bits per heavy atom. The van der Waals surface area contributed by atoms with E-state index in [1.54, 1.807) is 36.4 Å². The van der Waals surface area contributed by atoms with Crippen LogP contribution in [0.5, 0.6) is 0 Å². The molecule has 140 valence electrons. The number of nitrogens with two attached hydrogens (primary N) is 1. The maximum atomic E-state index is 12.1. The number of benzene rings is 2. The van der Waals surface area contributed by atoms with Crippen LogP contribution >= 0.6 is 0 Å². The molecule has 2 atom stereocenters. The van der Waals surface area contributed by atoms with Gasteiger partial charge in [-0.3, -0.25) is 9.59 Å². The number of amides is 2. The van der Waals surface area contributed by atoms with Gasteiger partial charge in [0.25, 0.3) is 5.91 Å². The van der Waals surface area contributed by atoms with Gasteiger partial charge in [-0.1, -0.05) is 11.8 Å². The van der Waals surface area contributed by atoms with Gasteiger partial charge in [0.15, 0.2) is 0 Å². The van der Waals surface area contributed by atoms with Gasteiger partial charge in [-0.05, 0) is 67.3 Å². The molecular formula is C21H17N3O4. The van der Waals surface area contributed by atoms with E-state index in [1.165, 1.54) is 19.1 Å². The van der Waals surface area contributed by atoms with Gasteiger partial charge < -0.3 is 16.2 Å². The maximum Gasteiger partial charge on any atom is 0.311 e. The Labute approximate surface area is 161 Å². The summed E-state index contributed by atoms with van der Waals surface area (Å²) in [7, 11) is 0. The average molecular weight is 375 g/mol. The van der Waals surface area contributed by atoms with E-state index < -0.39 is 24.0 Å². The molecule has 0 saturated carbocycles. The molecule has 0 bridgehead atoms. The first-order valence-electron chi connectivity index (χ1n) is 8.24. The summed E-state index contributed by atoms with van der Waals surface area (Å²) < 4.78 is 0. The summed E-state index contributed by atoms with van der Waals surface area (Å²) in [6, 6.07) is 11.9. The molecule has 0 spiro atoms. The summed E-state index contributed by atoms with van der Waals surface area (Å²) in [6.07, 6.45) is -1.25. The summed E-state index contributed by atoms with van der Waals surface area (Å²) in [5.74, 6) is 9.41. The first-order chi connectivity index (χ1) is 13.4. The molecule has 0 aliphatic heterocycles. The van der Waals surface area contributed by atoms with Crippen LogP contribution in [0.25, 0.3) is 0 Å². The van der Waals surface area contributed by atoms with E-state index in [2.05, 4.69) is 34.2 Å². The lowest BCUT2D eigenvalue weighted by Gasteiger charge is -2.16. The topological polar surface area (TPSA) is 122 Å². The van der Waals surface area contributed by atoms with Gasteiger partial charge in [-0.15, -0.1) is 4.91 Å². The third-order valence-corrected chi connectivity index (χ3v) is 3.66. The van der Waals surface area contributed by atoms with E-state index in [9.17, 15) is 19.6 Å². The molecule has 2 rings (SSSR count). The number of aliphatic hydroxyl groups is 1. The fourth-order valence-corrected chi connectivity index (χ4v) is 2.15. The van der Waals surface area contributed by atoms with Gasteiger partial charge in [0.1, 0.15) is 6.04 Å². The van der Waals surface area contributed by atoms with Gasteiger partial charge in [0.2, 0.25) is 0 Å². The number of carbonyl (C=O) groups excluding carboxylic acids is 2. The standard InChI is InChI=1S/C21H17N3O4/c1-14(25)19(21(27)24-28)23-20(26)17-10-6-15(7-11-17)4-2-3-5-16-8-12-18(22)13-9-16/h6-14,19,25H,22H2,1H3,(H,23,26)/t14-,19+/m1/s1. The molecule has 2 aromatic rings. The van der Waals surface area contributed by atoms with Crippen LogP contribution in [0.2, 0.25) is 0 Å². The minimum absolute atomic E-state index is 0.239. The minimum atomic E-state index is -1.40. The zero-order chi connectivity index (χ0) is 20.5. The number of anilines is 1. The fourth-order valence-electron chi connectivity index (χ4n) is 2.15. The van der Waals surface area contributed by atoms with Crippen molar-refractivity contribution in [2.24, 2.45) is 5.18 Å². The number of carbonyl (C=O) groups is 2. The molecule has 0 aliphatic carbocycles. The van der Waals surface area contributed by atoms with Crippen LogP contribution in [0.15, 0.2) is 53.7 Å². The van der Waals surface area contributed by atoms with E-state index in [0.29, 0.717) is 11.3 Å². The highest BCUT2D eigenvalue weighted by Gasteiger charge is 2.26. The van der Waals surface area contributed by atoms with Crippen LogP contribution in [-0.2, 0) is 4.79 Å². The predicted octanol–water partition coefficient (Wildman–Crippen LogP) is 1.44. The second-order valence-corrected chi connectivity index (χ2v) is 5.82. The average Bonchev–Trinajstić information content (AvgIpc) is 2.70. The number of nitroso groups, excluding NO2 is 1. The third-order valence-electron chi connectivity index (χ3n) is 3.66. The number of hydrogen-bond acceptors (Lipinski definition) is 5. The molecule has 0 aromatic heterocycles. The van der Waals surface area contributed by atoms with Crippen molar-refractivity contribution in [1.29, 1.82) is 0 Å². The first kappa shape index (κ1) is 20.4. The predicted molar refractivity (Wildman–Crippen MR) is 105 cm³/mol. The SMILES string of the molecule is C[C@@H](O)[C@H](NC(=O)c1ccc(C#CC#Cc2ccc(N)cc2)cc1)C(=O)N=O. The largest absolute Gasteiger partial charge is 0.399 e. The molecule has 0 saturated heterocycles. The molecule has 0 fully saturated rings. The molecule has 7 nitrogen and oxygen atoms in total. The van der Waals surface area contributed by atoms with Gasteiger partial charge in [0.05, 0.1) is 6.10 Å². The first-order valence-corrected chi connectivity index (χ1v) is 8.24. The second-order valence-electron chi connectivity index (χ2n) is 5.82. The number of hydrogen-bond donors (Lipinski definition) is 3.